The molecule has 0 aliphatic heterocycles. The van der Waals surface area contributed by atoms with Crippen molar-refractivity contribution in [2.45, 2.75) is 32.9 Å². The zero-order valence-corrected chi connectivity index (χ0v) is 12.3. The van der Waals surface area contributed by atoms with Crippen LogP contribution in [0.1, 0.15) is 26.0 Å². The molecule has 1 heterocycles. The van der Waals surface area contributed by atoms with Gasteiger partial charge in [-0.25, -0.2) is 4.68 Å². The van der Waals surface area contributed by atoms with Gasteiger partial charge in [-0.05, 0) is 25.5 Å². The average Bonchev–Trinajstić information content (AvgIpc) is 2.95. The van der Waals surface area contributed by atoms with Crippen molar-refractivity contribution in [1.29, 1.82) is 0 Å². The summed E-state index contributed by atoms with van der Waals surface area (Å²) in [6, 6.07) is 9.89. The second-order valence-corrected chi connectivity index (χ2v) is 5.05. The number of nitrogens with zero attached hydrogens (tertiary/aromatic N) is 4. The van der Waals surface area contributed by atoms with Crippen LogP contribution in [-0.2, 0) is 11.3 Å². The van der Waals surface area contributed by atoms with E-state index in [9.17, 15) is 4.79 Å². The first-order chi connectivity index (χ1) is 10.1. The highest BCUT2D eigenvalue weighted by Crippen LogP contribution is 2.11. The van der Waals surface area contributed by atoms with Crippen molar-refractivity contribution in [3.8, 4) is 5.69 Å². The lowest BCUT2D eigenvalue weighted by Crippen LogP contribution is -2.36. The molecule has 1 atom stereocenters. The maximum Gasteiger partial charge on any atom is 0.317 e. The number of hydrogen-bond acceptors (Lipinski definition) is 4. The van der Waals surface area contributed by atoms with Gasteiger partial charge in [0.1, 0.15) is 0 Å². The van der Waals surface area contributed by atoms with Crippen LogP contribution >= 0.6 is 0 Å². The maximum atomic E-state index is 11.0. The van der Waals surface area contributed by atoms with Crippen LogP contribution in [0.15, 0.2) is 36.5 Å². The van der Waals surface area contributed by atoms with Crippen LogP contribution in [0.2, 0.25) is 0 Å². The second-order valence-electron chi connectivity index (χ2n) is 5.05. The van der Waals surface area contributed by atoms with E-state index in [1.807, 2.05) is 55.3 Å². The number of hydrogen-bond donors (Lipinski definition) is 1. The van der Waals surface area contributed by atoms with Crippen LogP contribution < -0.4 is 0 Å². The smallest absolute Gasteiger partial charge is 0.317 e. The van der Waals surface area contributed by atoms with Crippen LogP contribution in [0, 0.1) is 0 Å². The fourth-order valence-corrected chi connectivity index (χ4v) is 2.09. The van der Waals surface area contributed by atoms with Gasteiger partial charge in [-0.2, -0.15) is 0 Å². The summed E-state index contributed by atoms with van der Waals surface area (Å²) in [5, 5.41) is 17.2. The molecule has 6 heteroatoms. The van der Waals surface area contributed by atoms with Gasteiger partial charge < -0.3 is 5.11 Å². The second kappa shape index (κ2) is 6.99. The minimum Gasteiger partial charge on any atom is -0.480 e. The first-order valence-electron chi connectivity index (χ1n) is 7.02. The largest absolute Gasteiger partial charge is 0.480 e. The molecular formula is C15H20N4O2. The standard InChI is InChI=1S/C15H20N4O2/c1-3-12(2)18(11-15(20)21)9-13-10-19(17-16-13)14-7-5-4-6-8-14/h4-8,10,12H,3,9,11H2,1-2H3,(H,20,21). The van der Waals surface area contributed by atoms with Crippen LogP contribution in [0.5, 0.6) is 0 Å². The summed E-state index contributed by atoms with van der Waals surface area (Å²) in [5.74, 6) is -0.828. The van der Waals surface area contributed by atoms with Crippen LogP contribution in [-0.4, -0.2) is 43.6 Å². The van der Waals surface area contributed by atoms with E-state index in [2.05, 4.69) is 10.3 Å². The molecule has 0 saturated heterocycles. The molecule has 1 aromatic carbocycles. The van der Waals surface area contributed by atoms with Crippen LogP contribution in [0.3, 0.4) is 0 Å². The topological polar surface area (TPSA) is 71.2 Å². The van der Waals surface area contributed by atoms with Crippen molar-refractivity contribution < 1.29 is 9.90 Å². The maximum absolute atomic E-state index is 11.0. The van der Waals surface area contributed by atoms with Crippen LogP contribution in [0.4, 0.5) is 0 Å². The molecule has 0 amide bonds. The molecule has 0 fully saturated rings. The molecule has 0 spiro atoms. The zero-order valence-electron chi connectivity index (χ0n) is 12.3. The minimum atomic E-state index is -0.828. The Morgan fingerprint density at radius 1 is 1.38 bits per heavy atom. The van der Waals surface area contributed by atoms with Gasteiger partial charge in [-0.3, -0.25) is 9.69 Å². The first-order valence-corrected chi connectivity index (χ1v) is 7.02. The highest BCUT2D eigenvalue weighted by Gasteiger charge is 2.17. The number of para-hydroxylation sites is 1. The molecule has 1 unspecified atom stereocenters. The molecule has 0 saturated carbocycles. The molecule has 0 radical (unpaired) electrons. The quantitative estimate of drug-likeness (QED) is 0.843. The first kappa shape index (κ1) is 15.2. The summed E-state index contributed by atoms with van der Waals surface area (Å²) >= 11 is 0. The van der Waals surface area contributed by atoms with Gasteiger partial charge in [0.15, 0.2) is 0 Å². The summed E-state index contributed by atoms with van der Waals surface area (Å²) in [6.07, 6.45) is 2.73. The van der Waals surface area contributed by atoms with Crippen molar-refractivity contribution in [2.75, 3.05) is 6.54 Å². The fourth-order valence-electron chi connectivity index (χ4n) is 2.09. The molecular weight excluding hydrogens is 268 g/mol. The molecule has 1 aromatic heterocycles. The summed E-state index contributed by atoms with van der Waals surface area (Å²) < 4.78 is 1.70. The number of aromatic nitrogens is 3. The van der Waals surface area contributed by atoms with Crippen LogP contribution in [0.25, 0.3) is 5.69 Å². The van der Waals surface area contributed by atoms with E-state index in [1.165, 1.54) is 0 Å². The Balaban J connectivity index is 2.11. The monoisotopic (exact) mass is 288 g/mol. The molecule has 21 heavy (non-hydrogen) atoms. The molecule has 1 N–H and O–H groups in total. The normalized spacial score (nSPS) is 12.5. The molecule has 0 aliphatic rings. The SMILES string of the molecule is CCC(C)N(CC(=O)O)Cc1cn(-c2ccccc2)nn1. The Kier molecular flexibility index (Phi) is 5.05. The predicted octanol–water partition coefficient (Wildman–Crippen LogP) is 1.95. The van der Waals surface area contributed by atoms with Gasteiger partial charge >= 0.3 is 5.97 Å². The van der Waals surface area contributed by atoms with E-state index in [4.69, 9.17) is 5.11 Å². The van der Waals surface area contributed by atoms with Gasteiger partial charge in [0.25, 0.3) is 0 Å². The summed E-state index contributed by atoms with van der Waals surface area (Å²) in [4.78, 5) is 12.9. The zero-order chi connectivity index (χ0) is 15.2. The summed E-state index contributed by atoms with van der Waals surface area (Å²) in [5.41, 5.74) is 1.70. The Morgan fingerprint density at radius 2 is 2.10 bits per heavy atom. The number of carboxylic acids is 1. The highest BCUT2D eigenvalue weighted by molar-refractivity contribution is 5.69. The van der Waals surface area contributed by atoms with E-state index >= 15 is 0 Å². The Hall–Kier alpha value is -2.21. The summed E-state index contributed by atoms with van der Waals surface area (Å²) in [7, 11) is 0. The predicted molar refractivity (Wildman–Crippen MR) is 79.2 cm³/mol. The van der Waals surface area contributed by atoms with Gasteiger partial charge in [0, 0.05) is 12.6 Å². The van der Waals surface area contributed by atoms with Crippen molar-refractivity contribution in [3.05, 3.63) is 42.2 Å². The van der Waals surface area contributed by atoms with Crippen molar-refractivity contribution >= 4 is 5.97 Å². The van der Waals surface area contributed by atoms with E-state index < -0.39 is 5.97 Å². The van der Waals surface area contributed by atoms with Gasteiger partial charge in [0.2, 0.25) is 0 Å². The van der Waals surface area contributed by atoms with Gasteiger partial charge in [-0.1, -0.05) is 30.3 Å². The summed E-state index contributed by atoms with van der Waals surface area (Å²) in [6.45, 7) is 4.55. The van der Waals surface area contributed by atoms with E-state index in [0.717, 1.165) is 17.8 Å². The number of carboxylic acid groups (broad SMARTS) is 1. The molecule has 6 nitrogen and oxygen atoms in total. The van der Waals surface area contributed by atoms with Crippen molar-refractivity contribution in [1.82, 2.24) is 19.9 Å². The van der Waals surface area contributed by atoms with E-state index in [1.54, 1.807) is 4.68 Å². The third-order valence-corrected chi connectivity index (χ3v) is 3.48. The van der Waals surface area contributed by atoms with Crippen molar-refractivity contribution in [3.63, 3.8) is 0 Å². The third-order valence-electron chi connectivity index (χ3n) is 3.48. The lowest BCUT2D eigenvalue weighted by molar-refractivity contribution is -0.139. The minimum absolute atomic E-state index is 0.00715. The third kappa shape index (κ3) is 4.13. The Labute approximate surface area is 124 Å². The molecule has 2 aromatic rings. The molecule has 2 rings (SSSR count). The number of carbonyl (C=O) groups is 1. The fraction of sp³-hybridized carbons (Fsp3) is 0.400. The van der Waals surface area contributed by atoms with Gasteiger partial charge in [0.05, 0.1) is 24.1 Å². The lowest BCUT2D eigenvalue weighted by atomic mass is 10.2. The Morgan fingerprint density at radius 3 is 2.71 bits per heavy atom. The van der Waals surface area contributed by atoms with Crippen molar-refractivity contribution in [2.24, 2.45) is 0 Å². The average molecular weight is 288 g/mol. The number of aliphatic carboxylic acids is 1. The molecule has 0 bridgehead atoms. The van der Waals surface area contributed by atoms with Gasteiger partial charge in [-0.15, -0.1) is 5.10 Å². The number of benzene rings is 1. The Bertz CT molecular complexity index is 582. The molecule has 112 valence electrons. The molecule has 0 aliphatic carbocycles. The van der Waals surface area contributed by atoms with E-state index in [0.29, 0.717) is 6.54 Å². The highest BCUT2D eigenvalue weighted by atomic mass is 16.4. The number of rotatable bonds is 7. The van der Waals surface area contributed by atoms with E-state index in [-0.39, 0.29) is 12.6 Å². The lowest BCUT2D eigenvalue weighted by Gasteiger charge is -2.25.